The summed E-state index contributed by atoms with van der Waals surface area (Å²) in [5, 5.41) is 27.2. The van der Waals surface area contributed by atoms with Crippen molar-refractivity contribution in [1.29, 1.82) is 0 Å². The number of rotatable bonds is 7. The number of fused-ring (bicyclic) bond motifs is 1. The zero-order chi connectivity index (χ0) is 20.4. The fourth-order valence-electron chi connectivity index (χ4n) is 3.28. The average Bonchev–Trinajstić information content (AvgIpc) is 3.20. The van der Waals surface area contributed by atoms with Crippen LogP contribution in [-0.2, 0) is 22.6 Å². The topological polar surface area (TPSA) is 137 Å². The molecule has 0 fully saturated rings. The van der Waals surface area contributed by atoms with Gasteiger partial charge in [-0.3, -0.25) is 19.6 Å². The number of carboxylic acid groups (broad SMARTS) is 1. The quantitative estimate of drug-likeness (QED) is 0.544. The Morgan fingerprint density at radius 2 is 2.18 bits per heavy atom. The first-order valence-corrected chi connectivity index (χ1v) is 8.74. The summed E-state index contributed by atoms with van der Waals surface area (Å²) in [6.45, 7) is 3.75. The molecular weight excluding hydrogens is 368 g/mol. The molecule has 28 heavy (non-hydrogen) atoms. The molecular formula is C18H20N4O6. The smallest absolute Gasteiger partial charge is 0.330 e. The Hall–Kier alpha value is -3.43. The van der Waals surface area contributed by atoms with E-state index in [0.717, 1.165) is 11.3 Å². The van der Waals surface area contributed by atoms with Crippen molar-refractivity contribution >= 4 is 17.6 Å². The maximum atomic E-state index is 12.3. The molecule has 0 aliphatic carbocycles. The third-order valence-corrected chi connectivity index (χ3v) is 4.68. The molecule has 1 atom stereocenters. The van der Waals surface area contributed by atoms with Gasteiger partial charge in [0.25, 0.3) is 0 Å². The number of aryl methyl sites for hydroxylation is 2. The monoisotopic (exact) mass is 388 g/mol. The Balaban J connectivity index is 1.68. The SMILES string of the molecule is Cc1nn(CCC(=O)NC(C(=O)O)c2ccc3c(c2)CCO3)c(C)c1[N+](=O)[O-]. The molecule has 2 N–H and O–H groups in total. The molecule has 1 aromatic heterocycles. The largest absolute Gasteiger partial charge is 0.493 e. The van der Waals surface area contributed by atoms with Crippen LogP contribution in [0.3, 0.4) is 0 Å². The van der Waals surface area contributed by atoms with E-state index in [2.05, 4.69) is 10.4 Å². The minimum absolute atomic E-state index is 0.0586. The van der Waals surface area contributed by atoms with Gasteiger partial charge in [-0.05, 0) is 37.1 Å². The first-order chi connectivity index (χ1) is 13.3. The highest BCUT2D eigenvalue weighted by molar-refractivity contribution is 5.84. The van der Waals surface area contributed by atoms with Crippen molar-refractivity contribution < 1.29 is 24.4 Å². The van der Waals surface area contributed by atoms with Crippen molar-refractivity contribution in [3.8, 4) is 5.75 Å². The van der Waals surface area contributed by atoms with Crippen molar-refractivity contribution in [3.63, 3.8) is 0 Å². The van der Waals surface area contributed by atoms with Crippen LogP contribution in [0, 0.1) is 24.0 Å². The standard InChI is InChI=1S/C18H20N4O6/c1-10-17(22(26)27)11(2)21(20-10)7-5-15(23)19-16(18(24)25)13-3-4-14-12(9-13)6-8-28-14/h3-4,9,16H,5-8H2,1-2H3,(H,19,23)(H,24,25). The summed E-state index contributed by atoms with van der Waals surface area (Å²) in [6, 6.07) is 3.86. The highest BCUT2D eigenvalue weighted by Crippen LogP contribution is 2.28. The van der Waals surface area contributed by atoms with E-state index in [1.165, 1.54) is 11.6 Å². The van der Waals surface area contributed by atoms with Crippen LogP contribution >= 0.6 is 0 Å². The van der Waals surface area contributed by atoms with E-state index >= 15 is 0 Å². The Morgan fingerprint density at radius 3 is 2.82 bits per heavy atom. The predicted molar refractivity (Wildman–Crippen MR) is 97.1 cm³/mol. The highest BCUT2D eigenvalue weighted by Gasteiger charge is 2.25. The summed E-state index contributed by atoms with van der Waals surface area (Å²) in [5.41, 5.74) is 1.92. The number of aliphatic carboxylic acids is 1. The van der Waals surface area contributed by atoms with Gasteiger partial charge in [0.1, 0.15) is 17.1 Å². The number of nitro groups is 1. The van der Waals surface area contributed by atoms with Gasteiger partial charge in [-0.15, -0.1) is 0 Å². The molecule has 1 unspecified atom stereocenters. The maximum Gasteiger partial charge on any atom is 0.330 e. The highest BCUT2D eigenvalue weighted by atomic mass is 16.6. The number of hydrogen-bond donors (Lipinski definition) is 2. The van der Waals surface area contributed by atoms with E-state index in [0.29, 0.717) is 24.3 Å². The lowest BCUT2D eigenvalue weighted by molar-refractivity contribution is -0.386. The first kappa shape index (κ1) is 19.3. The number of ether oxygens (including phenoxy) is 1. The molecule has 2 aromatic rings. The second-order valence-electron chi connectivity index (χ2n) is 6.55. The molecule has 1 aliphatic rings. The number of nitrogens with one attached hydrogen (secondary N) is 1. The lowest BCUT2D eigenvalue weighted by Crippen LogP contribution is -2.34. The van der Waals surface area contributed by atoms with Gasteiger partial charge >= 0.3 is 11.7 Å². The first-order valence-electron chi connectivity index (χ1n) is 8.74. The number of aromatic nitrogens is 2. The fourth-order valence-corrected chi connectivity index (χ4v) is 3.28. The molecule has 0 bridgehead atoms. The summed E-state index contributed by atoms with van der Waals surface area (Å²) in [6.07, 6.45) is 0.636. The number of carboxylic acids is 1. The van der Waals surface area contributed by atoms with E-state index in [1.807, 2.05) is 0 Å². The van der Waals surface area contributed by atoms with Gasteiger partial charge < -0.3 is 15.2 Å². The van der Waals surface area contributed by atoms with Gasteiger partial charge in [-0.1, -0.05) is 6.07 Å². The van der Waals surface area contributed by atoms with Gasteiger partial charge in [-0.2, -0.15) is 5.10 Å². The molecule has 0 saturated carbocycles. The molecule has 1 aliphatic heterocycles. The van der Waals surface area contributed by atoms with Crippen molar-refractivity contribution in [2.24, 2.45) is 0 Å². The van der Waals surface area contributed by atoms with Crippen molar-refractivity contribution in [1.82, 2.24) is 15.1 Å². The van der Waals surface area contributed by atoms with Crippen molar-refractivity contribution in [2.45, 2.75) is 39.3 Å². The Labute approximate surface area is 160 Å². The van der Waals surface area contributed by atoms with Crippen LogP contribution in [0.25, 0.3) is 0 Å². The van der Waals surface area contributed by atoms with E-state index in [-0.39, 0.29) is 24.3 Å². The van der Waals surface area contributed by atoms with Crippen LogP contribution in [0.2, 0.25) is 0 Å². The van der Waals surface area contributed by atoms with Crippen molar-refractivity contribution in [3.05, 3.63) is 50.8 Å². The lowest BCUT2D eigenvalue weighted by atomic mass is 10.0. The number of benzene rings is 1. The van der Waals surface area contributed by atoms with Crippen LogP contribution in [0.15, 0.2) is 18.2 Å². The number of nitrogens with zero attached hydrogens (tertiary/aromatic N) is 3. The molecule has 148 valence electrons. The zero-order valence-corrected chi connectivity index (χ0v) is 15.5. The minimum atomic E-state index is -1.19. The molecule has 0 radical (unpaired) electrons. The third kappa shape index (κ3) is 3.80. The Kier molecular flexibility index (Phi) is 5.30. The number of carbonyl (C=O) groups excluding carboxylic acids is 1. The molecule has 2 heterocycles. The van der Waals surface area contributed by atoms with Crippen LogP contribution in [0.5, 0.6) is 5.75 Å². The van der Waals surface area contributed by atoms with Gasteiger partial charge in [0.2, 0.25) is 5.91 Å². The second kappa shape index (κ2) is 7.67. The molecule has 3 rings (SSSR count). The Bertz CT molecular complexity index is 952. The maximum absolute atomic E-state index is 12.3. The summed E-state index contributed by atoms with van der Waals surface area (Å²) in [7, 11) is 0. The van der Waals surface area contributed by atoms with Gasteiger partial charge in [0.05, 0.1) is 18.1 Å². The average molecular weight is 388 g/mol. The summed E-state index contributed by atoms with van der Waals surface area (Å²) >= 11 is 0. The molecule has 0 spiro atoms. The van der Waals surface area contributed by atoms with E-state index in [4.69, 9.17) is 4.74 Å². The molecule has 1 amide bonds. The number of amides is 1. The van der Waals surface area contributed by atoms with Crippen molar-refractivity contribution in [2.75, 3.05) is 6.61 Å². The van der Waals surface area contributed by atoms with Gasteiger partial charge in [0.15, 0.2) is 6.04 Å². The summed E-state index contributed by atoms with van der Waals surface area (Å²) in [5.74, 6) is -0.932. The van der Waals surface area contributed by atoms with Crippen LogP contribution in [0.4, 0.5) is 5.69 Å². The molecule has 10 nitrogen and oxygen atoms in total. The lowest BCUT2D eigenvalue weighted by Gasteiger charge is -2.16. The fraction of sp³-hybridized carbons (Fsp3) is 0.389. The zero-order valence-electron chi connectivity index (χ0n) is 15.5. The number of hydrogen-bond acceptors (Lipinski definition) is 6. The van der Waals surface area contributed by atoms with E-state index in [1.54, 1.807) is 25.1 Å². The van der Waals surface area contributed by atoms with Gasteiger partial charge in [-0.25, -0.2) is 4.79 Å². The van der Waals surface area contributed by atoms with E-state index in [9.17, 15) is 24.8 Å². The van der Waals surface area contributed by atoms with Crippen LogP contribution < -0.4 is 10.1 Å². The molecule has 1 aromatic carbocycles. The second-order valence-corrected chi connectivity index (χ2v) is 6.55. The Morgan fingerprint density at radius 1 is 1.43 bits per heavy atom. The summed E-state index contributed by atoms with van der Waals surface area (Å²) in [4.78, 5) is 34.5. The minimum Gasteiger partial charge on any atom is -0.493 e. The molecule has 10 heteroatoms. The predicted octanol–water partition coefficient (Wildman–Crippen LogP) is 1.68. The normalized spacial score (nSPS) is 13.5. The van der Waals surface area contributed by atoms with Crippen LogP contribution in [0.1, 0.15) is 35.0 Å². The van der Waals surface area contributed by atoms with Crippen LogP contribution in [-0.4, -0.2) is 38.3 Å². The number of carbonyl (C=O) groups is 2. The van der Waals surface area contributed by atoms with Gasteiger partial charge in [0, 0.05) is 12.8 Å². The van der Waals surface area contributed by atoms with E-state index < -0.39 is 22.8 Å². The summed E-state index contributed by atoms with van der Waals surface area (Å²) < 4.78 is 6.79. The third-order valence-electron chi connectivity index (χ3n) is 4.68. The molecule has 0 saturated heterocycles.